The van der Waals surface area contributed by atoms with E-state index in [2.05, 4.69) is 4.98 Å². The van der Waals surface area contributed by atoms with Gasteiger partial charge in [0.25, 0.3) is 5.91 Å². The lowest BCUT2D eigenvalue weighted by Crippen LogP contribution is -2.63. The molecule has 0 fully saturated rings. The van der Waals surface area contributed by atoms with Gasteiger partial charge in [0.05, 0.1) is 6.04 Å². The molecule has 9 nitrogen and oxygen atoms in total. The molecule has 0 spiro atoms. The molecule has 4 rings (SSSR count). The van der Waals surface area contributed by atoms with Crippen LogP contribution in [0.2, 0.25) is 0 Å². The molecule has 1 aromatic heterocycles. The fraction of sp³-hybridized carbons (Fsp3) is 0.400. The summed E-state index contributed by atoms with van der Waals surface area (Å²) in [5, 5.41) is 33.0. The number of hydrogen-bond donors (Lipinski definition) is 4. The summed E-state index contributed by atoms with van der Waals surface area (Å²) in [7, 11) is 3.22. The normalized spacial score (nSPS) is 31.5. The summed E-state index contributed by atoms with van der Waals surface area (Å²) in [6.07, 6.45) is 1.98. The zero-order valence-corrected chi connectivity index (χ0v) is 15.9. The number of likely N-dealkylation sites (N-methyl/N-ethyl adjacent to an activating group) is 1. The first-order valence-corrected chi connectivity index (χ1v) is 9.19. The molecule has 0 saturated carbocycles. The Balaban J connectivity index is 1.96. The first-order valence-electron chi connectivity index (χ1n) is 9.19. The van der Waals surface area contributed by atoms with Crippen molar-refractivity contribution in [3.63, 3.8) is 0 Å². The van der Waals surface area contributed by atoms with E-state index in [-0.39, 0.29) is 17.7 Å². The highest BCUT2D eigenvalue weighted by molar-refractivity contribution is 6.24. The Labute approximate surface area is 166 Å². The summed E-state index contributed by atoms with van der Waals surface area (Å²) < 4.78 is 0. The number of nitrogens with two attached hydrogens (primary N) is 1. The lowest BCUT2D eigenvalue weighted by atomic mass is 9.59. The lowest BCUT2D eigenvalue weighted by molar-refractivity contribution is -0.148. The molecular formula is C20H21N3O6. The molecule has 9 heteroatoms. The van der Waals surface area contributed by atoms with Crippen LogP contribution in [0.3, 0.4) is 0 Å². The molecule has 1 aromatic rings. The van der Waals surface area contributed by atoms with Crippen molar-refractivity contribution in [2.75, 3.05) is 14.1 Å². The third-order valence-corrected chi connectivity index (χ3v) is 6.21. The van der Waals surface area contributed by atoms with Crippen LogP contribution >= 0.6 is 0 Å². The van der Waals surface area contributed by atoms with E-state index in [0.717, 1.165) is 0 Å². The van der Waals surface area contributed by atoms with Gasteiger partial charge in [0.15, 0.2) is 5.60 Å². The summed E-state index contributed by atoms with van der Waals surface area (Å²) in [6.45, 7) is 0. The Morgan fingerprint density at radius 2 is 2.00 bits per heavy atom. The van der Waals surface area contributed by atoms with Gasteiger partial charge in [-0.25, -0.2) is 0 Å². The van der Waals surface area contributed by atoms with E-state index in [1.807, 2.05) is 0 Å². The molecule has 1 amide bonds. The van der Waals surface area contributed by atoms with Crippen molar-refractivity contribution in [3.05, 3.63) is 52.3 Å². The van der Waals surface area contributed by atoms with E-state index in [1.54, 1.807) is 31.1 Å². The number of allylic oxidation sites excluding steroid dienone is 1. The first kappa shape index (κ1) is 19.3. The maximum Gasteiger partial charge on any atom is 0.255 e. The lowest BCUT2D eigenvalue weighted by Gasteiger charge is -2.50. The van der Waals surface area contributed by atoms with Crippen LogP contribution in [0.1, 0.15) is 22.5 Å². The van der Waals surface area contributed by atoms with Gasteiger partial charge in [-0.15, -0.1) is 0 Å². The average molecular weight is 399 g/mol. The van der Waals surface area contributed by atoms with Crippen molar-refractivity contribution in [1.82, 2.24) is 9.88 Å². The highest BCUT2D eigenvalue weighted by atomic mass is 16.3. The number of nitrogens with zero attached hydrogens (tertiary/aromatic N) is 2. The van der Waals surface area contributed by atoms with Gasteiger partial charge < -0.3 is 21.1 Å². The molecule has 1 heterocycles. The Morgan fingerprint density at radius 1 is 1.31 bits per heavy atom. The monoisotopic (exact) mass is 399 g/mol. The van der Waals surface area contributed by atoms with Crippen LogP contribution in [0.25, 0.3) is 0 Å². The average Bonchev–Trinajstić information content (AvgIpc) is 2.64. The fourth-order valence-electron chi connectivity index (χ4n) is 4.97. The van der Waals surface area contributed by atoms with Crippen molar-refractivity contribution in [2.45, 2.75) is 24.5 Å². The summed E-state index contributed by atoms with van der Waals surface area (Å²) in [5.41, 5.74) is 2.76. The van der Waals surface area contributed by atoms with Gasteiger partial charge in [-0.05, 0) is 44.5 Å². The highest BCUT2D eigenvalue weighted by Crippen LogP contribution is 2.51. The molecular weight excluding hydrogens is 378 g/mol. The molecule has 4 atom stereocenters. The van der Waals surface area contributed by atoms with E-state index < -0.39 is 58.0 Å². The number of hydrogen-bond acceptors (Lipinski definition) is 8. The number of pyridine rings is 1. The predicted octanol–water partition coefficient (Wildman–Crippen LogP) is -0.190. The molecule has 0 bridgehead atoms. The summed E-state index contributed by atoms with van der Waals surface area (Å²) in [5.74, 6) is -5.75. The van der Waals surface area contributed by atoms with Gasteiger partial charge >= 0.3 is 0 Å². The van der Waals surface area contributed by atoms with Gasteiger partial charge in [0, 0.05) is 17.7 Å². The number of aliphatic hydroxyl groups excluding tert-OH is 2. The minimum atomic E-state index is -2.54. The second kappa shape index (κ2) is 6.23. The molecule has 3 aliphatic rings. The molecule has 0 saturated heterocycles. The molecule has 0 aliphatic heterocycles. The fourth-order valence-corrected chi connectivity index (χ4v) is 4.97. The number of carbonyl (C=O) groups is 3. The van der Waals surface area contributed by atoms with Crippen LogP contribution in [0.5, 0.6) is 0 Å². The number of aliphatic hydroxyl groups is 3. The minimum Gasteiger partial charge on any atom is -0.510 e. The number of amides is 1. The number of ketones is 2. The first-order chi connectivity index (χ1) is 13.6. The summed E-state index contributed by atoms with van der Waals surface area (Å²) in [6, 6.07) is 2.53. The van der Waals surface area contributed by atoms with Crippen molar-refractivity contribution >= 4 is 17.5 Å². The third kappa shape index (κ3) is 2.41. The number of carbonyl (C=O) groups excluding carboxylic acids is 3. The van der Waals surface area contributed by atoms with Crippen molar-refractivity contribution in [3.8, 4) is 0 Å². The van der Waals surface area contributed by atoms with Gasteiger partial charge in [-0.3, -0.25) is 24.3 Å². The van der Waals surface area contributed by atoms with E-state index in [0.29, 0.717) is 12.0 Å². The predicted molar refractivity (Wildman–Crippen MR) is 99.8 cm³/mol. The van der Waals surface area contributed by atoms with Crippen molar-refractivity contribution in [1.29, 1.82) is 0 Å². The smallest absolute Gasteiger partial charge is 0.255 e. The van der Waals surface area contributed by atoms with Gasteiger partial charge in [0.2, 0.25) is 11.6 Å². The number of primary amides is 1. The highest BCUT2D eigenvalue weighted by Gasteiger charge is 2.63. The summed E-state index contributed by atoms with van der Waals surface area (Å²) >= 11 is 0. The van der Waals surface area contributed by atoms with Crippen LogP contribution in [-0.4, -0.2) is 68.4 Å². The van der Waals surface area contributed by atoms with Gasteiger partial charge in [0.1, 0.15) is 22.8 Å². The van der Waals surface area contributed by atoms with Gasteiger partial charge in [-0.2, -0.15) is 0 Å². The molecule has 0 radical (unpaired) electrons. The molecule has 152 valence electrons. The zero-order chi connectivity index (χ0) is 21.2. The van der Waals surface area contributed by atoms with Gasteiger partial charge in [-0.1, -0.05) is 6.07 Å². The Hall–Kier alpha value is -3.04. The van der Waals surface area contributed by atoms with Crippen molar-refractivity contribution < 1.29 is 29.7 Å². The topological polar surface area (TPSA) is 154 Å². The maximum absolute atomic E-state index is 13.0. The third-order valence-electron chi connectivity index (χ3n) is 6.21. The maximum atomic E-state index is 13.0. The Kier molecular flexibility index (Phi) is 4.14. The van der Waals surface area contributed by atoms with E-state index in [4.69, 9.17) is 5.73 Å². The molecule has 0 unspecified atom stereocenters. The van der Waals surface area contributed by atoms with Crippen molar-refractivity contribution in [2.24, 2.45) is 17.6 Å². The second-order valence-corrected chi connectivity index (χ2v) is 7.97. The minimum absolute atomic E-state index is 0.0778. The standard InChI is InChI=1S/C20H21N3O6/c1-23(2)14-10-7-9-6-8-4-3-5-22-13(8)15(24)11(9)17(26)20(10,29)18(27)12(16(14)25)19(21)28/h3-5,9-10,14,25-26,29H,6-7H2,1-2H3,(H2,21,28)/t9-,10-,14-,20-/m0/s1. The molecule has 0 aromatic carbocycles. The van der Waals surface area contributed by atoms with Crippen LogP contribution in [0, 0.1) is 11.8 Å². The Morgan fingerprint density at radius 3 is 2.62 bits per heavy atom. The molecule has 29 heavy (non-hydrogen) atoms. The van der Waals surface area contributed by atoms with Crippen LogP contribution in [-0.2, 0) is 16.0 Å². The number of fused-ring (bicyclic) bond motifs is 3. The number of rotatable bonds is 2. The quantitative estimate of drug-likeness (QED) is 0.499. The molecule has 5 N–H and O–H groups in total. The molecule has 3 aliphatic carbocycles. The van der Waals surface area contributed by atoms with Crippen LogP contribution < -0.4 is 5.73 Å². The number of Topliss-reactive ketones (excluding diaryl/α,β-unsaturated/α-hetero) is 2. The van der Waals surface area contributed by atoms with Crippen LogP contribution in [0.4, 0.5) is 0 Å². The summed E-state index contributed by atoms with van der Waals surface area (Å²) in [4.78, 5) is 43.5. The van der Waals surface area contributed by atoms with E-state index in [1.165, 1.54) is 6.20 Å². The van der Waals surface area contributed by atoms with E-state index >= 15 is 0 Å². The van der Waals surface area contributed by atoms with Crippen LogP contribution in [0.15, 0.2) is 41.0 Å². The second-order valence-electron chi connectivity index (χ2n) is 7.97. The zero-order valence-electron chi connectivity index (χ0n) is 15.9. The Bertz CT molecular complexity index is 1030. The largest absolute Gasteiger partial charge is 0.510 e. The SMILES string of the molecule is CN(C)[C@@H]1C(O)=C(C(N)=O)C(=O)[C@@]2(O)C(O)=C3C(=O)c4ncccc4C[C@H]3C[C@@H]12. The van der Waals surface area contributed by atoms with E-state index in [9.17, 15) is 29.7 Å². The number of aromatic nitrogens is 1.